The van der Waals surface area contributed by atoms with Gasteiger partial charge < -0.3 is 19.9 Å². The number of benzene rings is 2. The van der Waals surface area contributed by atoms with E-state index in [9.17, 15) is 9.90 Å². The molecule has 0 bridgehead atoms. The summed E-state index contributed by atoms with van der Waals surface area (Å²) in [5.74, 6) is 0.207. The molecule has 6 rings (SSSR count). The Labute approximate surface area is 242 Å². The Balaban J connectivity index is 0.00000337. The normalized spacial score (nSPS) is 22.7. The van der Waals surface area contributed by atoms with Crippen molar-refractivity contribution in [3.8, 4) is 5.75 Å². The van der Waals surface area contributed by atoms with Gasteiger partial charge in [0.25, 0.3) is 0 Å². The maximum Gasteiger partial charge on any atom is 0.338 e. The molecule has 0 aromatic heterocycles. The molecule has 4 aliphatic rings. The molecule has 2 aromatic rings. The monoisotopic (exact) mass is 553 g/mol. The van der Waals surface area contributed by atoms with Crippen LogP contribution in [0.5, 0.6) is 5.75 Å². The van der Waals surface area contributed by atoms with E-state index >= 15 is 0 Å². The van der Waals surface area contributed by atoms with Gasteiger partial charge in [-0.2, -0.15) is 0 Å². The van der Waals surface area contributed by atoms with E-state index in [0.717, 1.165) is 44.3 Å². The highest BCUT2D eigenvalue weighted by molar-refractivity contribution is 5.96. The van der Waals surface area contributed by atoms with Gasteiger partial charge in [-0.05, 0) is 79.8 Å². The molecular weight excluding hydrogens is 512 g/mol. The highest BCUT2D eigenvalue weighted by Gasteiger charge is 2.39. The number of carbonyl (C=O) groups is 1. The maximum atomic E-state index is 13.2. The number of ether oxygens (including phenoxy) is 2. The molecule has 2 unspecified atom stereocenters. The molecule has 0 amide bonds. The van der Waals surface area contributed by atoms with Crippen molar-refractivity contribution in [1.82, 2.24) is 5.32 Å². The predicted octanol–water partition coefficient (Wildman–Crippen LogP) is 3.10. The minimum absolute atomic E-state index is 0. The van der Waals surface area contributed by atoms with Gasteiger partial charge in [-0.15, -0.1) is 0 Å². The molecule has 3 heterocycles. The van der Waals surface area contributed by atoms with Crippen molar-refractivity contribution in [3.63, 3.8) is 0 Å². The second kappa shape index (κ2) is 10.2. The SMILES string of the molecule is C.CC1=CC(C)(C)NC2=CC3Oc4cc5c(cc4=C(c4ccccc4C(=O)OCCO)C3C=C12)C(C)=CC(C)(C)[NH+]=5. The quantitative estimate of drug-likeness (QED) is 0.507. The zero-order valence-corrected chi connectivity index (χ0v) is 24.0. The number of carbonyl (C=O) groups excluding carboxylic acids is 1. The number of nitrogens with one attached hydrogen (secondary N) is 2. The molecule has 2 aromatic carbocycles. The van der Waals surface area contributed by atoms with Crippen LogP contribution in [0.1, 0.15) is 70.5 Å². The van der Waals surface area contributed by atoms with Gasteiger partial charge in [-0.1, -0.05) is 37.8 Å². The van der Waals surface area contributed by atoms with Gasteiger partial charge in [0.05, 0.1) is 23.8 Å². The topological polar surface area (TPSA) is 81.8 Å². The molecule has 3 aliphatic heterocycles. The largest absolute Gasteiger partial charge is 0.484 e. The van der Waals surface area contributed by atoms with Crippen molar-refractivity contribution in [3.05, 3.63) is 105 Å². The molecule has 0 saturated carbocycles. The highest BCUT2D eigenvalue weighted by atomic mass is 16.5. The first-order valence-electron chi connectivity index (χ1n) is 14.0. The smallest absolute Gasteiger partial charge is 0.338 e. The van der Waals surface area contributed by atoms with Crippen LogP contribution < -0.4 is 25.6 Å². The van der Waals surface area contributed by atoms with Crippen LogP contribution in [0, 0.1) is 5.92 Å². The minimum atomic E-state index is -0.448. The van der Waals surface area contributed by atoms with E-state index in [0.29, 0.717) is 5.56 Å². The average molecular weight is 554 g/mol. The molecule has 214 valence electrons. The molecular formula is C35H41N2O4+. The summed E-state index contributed by atoms with van der Waals surface area (Å²) in [4.78, 5) is 16.9. The molecule has 0 fully saturated rings. The van der Waals surface area contributed by atoms with Crippen LogP contribution in [0.3, 0.4) is 0 Å². The third-order valence-electron chi connectivity index (χ3n) is 8.01. The molecule has 2 atom stereocenters. The average Bonchev–Trinajstić information content (AvgIpc) is 2.87. The van der Waals surface area contributed by atoms with Gasteiger partial charge in [0, 0.05) is 36.2 Å². The van der Waals surface area contributed by atoms with E-state index in [1.54, 1.807) is 6.07 Å². The van der Waals surface area contributed by atoms with E-state index in [1.807, 2.05) is 18.2 Å². The number of aliphatic hydroxyl groups is 1. The van der Waals surface area contributed by atoms with Gasteiger partial charge >= 0.3 is 5.97 Å². The molecule has 41 heavy (non-hydrogen) atoms. The van der Waals surface area contributed by atoms with Crippen LogP contribution in [0.2, 0.25) is 0 Å². The van der Waals surface area contributed by atoms with Crippen LogP contribution >= 0.6 is 0 Å². The first-order valence-corrected chi connectivity index (χ1v) is 14.0. The summed E-state index contributed by atoms with van der Waals surface area (Å²) in [6, 6.07) is 11.9. The fraction of sp³-hybridized carbons (Fsp3) is 0.371. The standard InChI is InChI=1S/C34H36N2O4.CH4/c1-19-17-33(3,4)35-27-15-29-25(13-23(19)27)31(21-9-7-8-10-22(21)32(38)39-12-11-37)26-14-24-20(2)18-34(5,6)36-28(24)16-30(26)40-29;/h7-10,13-18,25,29,35,37H,11-12H2,1-6H3;1H4/p+1. The molecule has 6 nitrogen and oxygen atoms in total. The number of fused-ring (bicyclic) bond motifs is 4. The van der Waals surface area contributed by atoms with Crippen LogP contribution in [0.25, 0.3) is 11.1 Å². The zero-order chi connectivity index (χ0) is 28.4. The summed E-state index contributed by atoms with van der Waals surface area (Å²) in [5, 5.41) is 14.9. The third-order valence-corrected chi connectivity index (χ3v) is 8.01. The number of allylic oxidation sites excluding steroid dienone is 2. The lowest BCUT2D eigenvalue weighted by molar-refractivity contribution is -0.568. The van der Waals surface area contributed by atoms with Crippen LogP contribution in [-0.4, -0.2) is 41.5 Å². The number of hydrogen-bond donors (Lipinski definition) is 3. The van der Waals surface area contributed by atoms with E-state index in [-0.39, 0.29) is 43.7 Å². The first-order chi connectivity index (χ1) is 19.0. The second-order valence-corrected chi connectivity index (χ2v) is 12.3. The summed E-state index contributed by atoms with van der Waals surface area (Å²) in [7, 11) is 0. The lowest BCUT2D eigenvalue weighted by Gasteiger charge is -2.40. The van der Waals surface area contributed by atoms with Crippen molar-refractivity contribution >= 4 is 17.1 Å². The van der Waals surface area contributed by atoms with Crippen molar-refractivity contribution in [2.45, 2.75) is 66.2 Å². The number of rotatable bonds is 4. The third kappa shape index (κ3) is 5.06. The van der Waals surface area contributed by atoms with Gasteiger partial charge in [-0.25, -0.2) is 9.79 Å². The Hall–Kier alpha value is -3.90. The number of esters is 1. The number of aliphatic hydroxyl groups excluding tert-OH is 1. The molecule has 0 saturated heterocycles. The second-order valence-electron chi connectivity index (χ2n) is 12.3. The Kier molecular flexibility index (Phi) is 7.11. The zero-order valence-electron chi connectivity index (χ0n) is 24.0. The van der Waals surface area contributed by atoms with Crippen molar-refractivity contribution in [1.29, 1.82) is 0 Å². The fourth-order valence-electron chi connectivity index (χ4n) is 6.61. The molecule has 0 radical (unpaired) electrons. The van der Waals surface area contributed by atoms with E-state index in [2.05, 4.69) is 88.3 Å². The summed E-state index contributed by atoms with van der Waals surface area (Å²) in [5.41, 5.74) is 7.73. The molecule has 6 heteroatoms. The fourth-order valence-corrected chi connectivity index (χ4v) is 6.61. The van der Waals surface area contributed by atoms with Crippen molar-refractivity contribution < 1.29 is 24.4 Å². The molecule has 1 aliphatic carbocycles. The summed E-state index contributed by atoms with van der Waals surface area (Å²) in [6.45, 7) is 12.7. The molecule has 0 spiro atoms. The Morgan fingerprint density at radius 3 is 2.56 bits per heavy atom. The summed E-state index contributed by atoms with van der Waals surface area (Å²) < 4.78 is 12.2. The van der Waals surface area contributed by atoms with Crippen molar-refractivity contribution in [2.75, 3.05) is 13.2 Å². The first kappa shape index (κ1) is 28.6. The summed E-state index contributed by atoms with van der Waals surface area (Å²) in [6.07, 6.45) is 8.71. The lowest BCUT2D eigenvalue weighted by Crippen LogP contribution is -2.89. The lowest BCUT2D eigenvalue weighted by atomic mass is 9.76. The van der Waals surface area contributed by atoms with Gasteiger partial charge in [0.15, 0.2) is 5.54 Å². The number of hydrogen-bond acceptors (Lipinski definition) is 5. The van der Waals surface area contributed by atoms with Gasteiger partial charge in [0.2, 0.25) is 5.36 Å². The van der Waals surface area contributed by atoms with E-state index in [4.69, 9.17) is 9.47 Å². The maximum absolute atomic E-state index is 13.2. The minimum Gasteiger partial charge on any atom is -0.484 e. The van der Waals surface area contributed by atoms with Gasteiger partial charge in [-0.3, -0.25) is 0 Å². The van der Waals surface area contributed by atoms with Crippen LogP contribution in [0.15, 0.2) is 77.5 Å². The Bertz CT molecular complexity index is 1690. The van der Waals surface area contributed by atoms with Crippen LogP contribution in [-0.2, 0) is 4.74 Å². The Morgan fingerprint density at radius 1 is 1.05 bits per heavy atom. The molecule has 3 N–H and O–H groups in total. The summed E-state index contributed by atoms with van der Waals surface area (Å²) >= 11 is 0. The Morgan fingerprint density at radius 2 is 1.80 bits per heavy atom. The van der Waals surface area contributed by atoms with E-state index < -0.39 is 5.97 Å². The van der Waals surface area contributed by atoms with E-state index in [1.165, 1.54) is 11.1 Å². The van der Waals surface area contributed by atoms with Gasteiger partial charge in [0.1, 0.15) is 18.5 Å². The predicted molar refractivity (Wildman–Crippen MR) is 162 cm³/mol. The highest BCUT2D eigenvalue weighted by Crippen LogP contribution is 2.41. The van der Waals surface area contributed by atoms with Crippen LogP contribution in [0.4, 0.5) is 0 Å². The van der Waals surface area contributed by atoms with Crippen molar-refractivity contribution in [2.24, 2.45) is 5.92 Å².